The van der Waals surface area contributed by atoms with Crippen LogP contribution in [0.5, 0.6) is 5.75 Å². The third-order valence-corrected chi connectivity index (χ3v) is 4.13. The third-order valence-electron chi connectivity index (χ3n) is 4.13. The normalized spacial score (nSPS) is 11.5. The van der Waals surface area contributed by atoms with E-state index in [2.05, 4.69) is 18.0 Å². The van der Waals surface area contributed by atoms with Gasteiger partial charge in [-0.15, -0.1) is 0 Å². The van der Waals surface area contributed by atoms with E-state index in [0.717, 1.165) is 21.8 Å². The van der Waals surface area contributed by atoms with Gasteiger partial charge >= 0.3 is 0 Å². The molecule has 4 rings (SSSR count). The Kier molecular flexibility index (Phi) is 2.33. The standard InChI is InChI=1S/C18H13NO2/c1-10-11-4-2-3-5-15(11)19-17-12(10)6-7-14-13(17)8-9-16(20)18(14)21/h2-9,19,21H,1H3. The zero-order valence-corrected chi connectivity index (χ0v) is 11.5. The maximum Gasteiger partial charge on any atom is 0.220 e. The molecule has 0 amide bonds. The number of aromatic nitrogens is 1. The van der Waals surface area contributed by atoms with E-state index in [1.54, 1.807) is 6.07 Å². The van der Waals surface area contributed by atoms with Crippen LogP contribution in [0, 0.1) is 6.92 Å². The first kappa shape index (κ1) is 12.0. The van der Waals surface area contributed by atoms with Crippen LogP contribution in [0.25, 0.3) is 32.6 Å². The fraction of sp³-hybridized carbons (Fsp3) is 0.0556. The van der Waals surface area contributed by atoms with E-state index in [-0.39, 0.29) is 11.2 Å². The van der Waals surface area contributed by atoms with Crippen molar-refractivity contribution >= 4 is 32.6 Å². The van der Waals surface area contributed by atoms with Crippen molar-refractivity contribution in [1.29, 1.82) is 0 Å². The average Bonchev–Trinajstić information content (AvgIpc) is 2.51. The van der Waals surface area contributed by atoms with Crippen LogP contribution in [-0.2, 0) is 0 Å². The van der Waals surface area contributed by atoms with Gasteiger partial charge in [0.15, 0.2) is 5.75 Å². The van der Waals surface area contributed by atoms with Crippen molar-refractivity contribution in [3.63, 3.8) is 0 Å². The monoisotopic (exact) mass is 275 g/mol. The smallest absolute Gasteiger partial charge is 0.220 e. The summed E-state index contributed by atoms with van der Waals surface area (Å²) in [6.45, 7) is 2.09. The fourth-order valence-electron chi connectivity index (χ4n) is 3.02. The van der Waals surface area contributed by atoms with Crippen LogP contribution < -0.4 is 5.43 Å². The van der Waals surface area contributed by atoms with Gasteiger partial charge in [0, 0.05) is 27.1 Å². The van der Waals surface area contributed by atoms with Crippen molar-refractivity contribution in [2.24, 2.45) is 0 Å². The van der Waals surface area contributed by atoms with Crippen LogP contribution in [0.1, 0.15) is 5.56 Å². The van der Waals surface area contributed by atoms with Crippen molar-refractivity contribution < 1.29 is 5.11 Å². The van der Waals surface area contributed by atoms with Crippen LogP contribution in [-0.4, -0.2) is 10.1 Å². The minimum atomic E-state index is -0.348. The number of aryl methyl sites for hydroxylation is 1. The molecule has 3 aromatic carbocycles. The van der Waals surface area contributed by atoms with Gasteiger partial charge in [-0.1, -0.05) is 24.3 Å². The molecule has 1 aromatic heterocycles. The van der Waals surface area contributed by atoms with Gasteiger partial charge in [-0.05, 0) is 36.8 Å². The molecule has 2 N–H and O–H groups in total. The fourth-order valence-corrected chi connectivity index (χ4v) is 3.02. The molecular formula is C18H13NO2. The first-order chi connectivity index (χ1) is 10.2. The summed E-state index contributed by atoms with van der Waals surface area (Å²) in [6.07, 6.45) is 0. The first-order valence-corrected chi connectivity index (χ1v) is 6.83. The molecule has 0 aliphatic carbocycles. The zero-order valence-electron chi connectivity index (χ0n) is 11.5. The summed E-state index contributed by atoms with van der Waals surface area (Å²) < 4.78 is 0. The highest BCUT2D eigenvalue weighted by molar-refractivity contribution is 6.11. The van der Waals surface area contributed by atoms with Crippen molar-refractivity contribution in [2.45, 2.75) is 6.92 Å². The van der Waals surface area contributed by atoms with Gasteiger partial charge < -0.3 is 10.1 Å². The number of H-pyrrole nitrogens is 1. The van der Waals surface area contributed by atoms with E-state index in [1.807, 2.05) is 30.3 Å². The molecule has 0 fully saturated rings. The lowest BCUT2D eigenvalue weighted by Gasteiger charge is -2.11. The Morgan fingerprint density at radius 2 is 1.57 bits per heavy atom. The van der Waals surface area contributed by atoms with Gasteiger partial charge in [0.05, 0.1) is 5.52 Å². The van der Waals surface area contributed by atoms with Crippen LogP contribution in [0.15, 0.2) is 53.3 Å². The number of aromatic amines is 1. The summed E-state index contributed by atoms with van der Waals surface area (Å²) in [5.74, 6) is -0.186. The second kappa shape index (κ2) is 4.09. The molecule has 4 aromatic rings. The van der Waals surface area contributed by atoms with Gasteiger partial charge in [-0.3, -0.25) is 4.79 Å². The number of aromatic hydroxyl groups is 1. The highest BCUT2D eigenvalue weighted by Crippen LogP contribution is 2.32. The SMILES string of the molecule is Cc1c2ccccc2[nH]c2c1ccc1c(O)c(=O)ccc12. The van der Waals surface area contributed by atoms with E-state index in [9.17, 15) is 9.90 Å². The lowest BCUT2D eigenvalue weighted by Crippen LogP contribution is -1.98. The third kappa shape index (κ3) is 1.57. The summed E-state index contributed by atoms with van der Waals surface area (Å²) in [4.78, 5) is 15.0. The summed E-state index contributed by atoms with van der Waals surface area (Å²) in [7, 11) is 0. The summed E-state index contributed by atoms with van der Waals surface area (Å²) in [5.41, 5.74) is 2.82. The number of hydrogen-bond acceptors (Lipinski definition) is 2. The van der Waals surface area contributed by atoms with Crippen LogP contribution in [0.4, 0.5) is 0 Å². The summed E-state index contributed by atoms with van der Waals surface area (Å²) in [6, 6.07) is 15.1. The molecule has 3 nitrogen and oxygen atoms in total. The molecule has 0 unspecified atom stereocenters. The van der Waals surface area contributed by atoms with E-state index >= 15 is 0 Å². The molecule has 21 heavy (non-hydrogen) atoms. The number of pyridine rings is 1. The predicted molar refractivity (Wildman–Crippen MR) is 86.0 cm³/mol. The van der Waals surface area contributed by atoms with Gasteiger partial charge in [-0.25, -0.2) is 0 Å². The van der Waals surface area contributed by atoms with Crippen molar-refractivity contribution in [3.05, 3.63) is 64.3 Å². The van der Waals surface area contributed by atoms with Crippen LogP contribution >= 0.6 is 0 Å². The molecule has 3 heteroatoms. The Morgan fingerprint density at radius 3 is 2.43 bits per heavy atom. The van der Waals surface area contributed by atoms with E-state index < -0.39 is 0 Å². The lowest BCUT2D eigenvalue weighted by molar-refractivity contribution is 0.477. The molecule has 0 atom stereocenters. The molecule has 0 saturated carbocycles. The lowest BCUT2D eigenvalue weighted by atomic mass is 9.99. The largest absolute Gasteiger partial charge is 0.504 e. The number of fused-ring (bicyclic) bond motifs is 4. The van der Waals surface area contributed by atoms with E-state index in [4.69, 9.17) is 0 Å². The Balaban J connectivity index is 2.31. The maximum atomic E-state index is 11.6. The summed E-state index contributed by atoms with van der Waals surface area (Å²) in [5, 5.41) is 13.7. The number of benzene rings is 3. The van der Waals surface area contributed by atoms with Crippen molar-refractivity contribution in [2.75, 3.05) is 0 Å². The zero-order chi connectivity index (χ0) is 14.6. The quantitative estimate of drug-likeness (QED) is 0.378. The molecule has 0 radical (unpaired) electrons. The van der Waals surface area contributed by atoms with Gasteiger partial charge in [0.1, 0.15) is 0 Å². The van der Waals surface area contributed by atoms with Gasteiger partial charge in [-0.2, -0.15) is 0 Å². The molecule has 102 valence electrons. The molecule has 0 aliphatic rings. The topological polar surface area (TPSA) is 53.1 Å². The van der Waals surface area contributed by atoms with Crippen molar-refractivity contribution in [3.8, 4) is 5.75 Å². The Hall–Kier alpha value is -2.81. The minimum Gasteiger partial charge on any atom is -0.504 e. The molecular weight excluding hydrogens is 262 g/mol. The molecule has 0 bridgehead atoms. The van der Waals surface area contributed by atoms with Crippen molar-refractivity contribution in [1.82, 2.24) is 4.98 Å². The Labute approximate surface area is 120 Å². The highest BCUT2D eigenvalue weighted by Gasteiger charge is 2.10. The molecule has 0 saturated heterocycles. The summed E-state index contributed by atoms with van der Waals surface area (Å²) >= 11 is 0. The second-order valence-electron chi connectivity index (χ2n) is 5.29. The maximum absolute atomic E-state index is 11.6. The van der Waals surface area contributed by atoms with Crippen LogP contribution in [0.2, 0.25) is 0 Å². The van der Waals surface area contributed by atoms with Gasteiger partial charge in [0.2, 0.25) is 5.43 Å². The first-order valence-electron chi connectivity index (χ1n) is 6.83. The molecule has 0 spiro atoms. The number of hydrogen-bond donors (Lipinski definition) is 2. The number of rotatable bonds is 0. The number of phenolic OH excluding ortho intramolecular Hbond substituents is 1. The van der Waals surface area contributed by atoms with E-state index in [0.29, 0.717) is 5.39 Å². The average molecular weight is 275 g/mol. The molecule has 1 heterocycles. The number of phenols is 1. The van der Waals surface area contributed by atoms with Crippen LogP contribution in [0.3, 0.4) is 0 Å². The highest BCUT2D eigenvalue weighted by atomic mass is 16.3. The Morgan fingerprint density at radius 1 is 0.857 bits per heavy atom. The van der Waals surface area contributed by atoms with E-state index in [1.165, 1.54) is 17.0 Å². The number of para-hydroxylation sites is 1. The molecule has 0 aliphatic heterocycles. The minimum absolute atomic E-state index is 0.186. The second-order valence-corrected chi connectivity index (χ2v) is 5.29. The Bertz CT molecular complexity index is 1080. The predicted octanol–water partition coefficient (Wildman–Crippen LogP) is 3.85. The number of nitrogens with one attached hydrogen (secondary N) is 1. The van der Waals surface area contributed by atoms with Gasteiger partial charge in [0.25, 0.3) is 0 Å².